The first kappa shape index (κ1) is 12.5. The summed E-state index contributed by atoms with van der Waals surface area (Å²) in [5, 5.41) is 22.8. The molecule has 0 saturated carbocycles. The smallest absolute Gasteiger partial charge is 0.232 e. The number of rotatable bonds is 2. The lowest BCUT2D eigenvalue weighted by molar-refractivity contribution is 0.0572. The third kappa shape index (κ3) is 2.83. The molecule has 96 valence electrons. The van der Waals surface area contributed by atoms with Gasteiger partial charge in [0, 0.05) is 18.5 Å². The fourth-order valence-corrected chi connectivity index (χ4v) is 1.80. The van der Waals surface area contributed by atoms with Gasteiger partial charge in [-0.2, -0.15) is 4.98 Å². The van der Waals surface area contributed by atoms with Crippen LogP contribution in [0, 0.1) is 0 Å². The van der Waals surface area contributed by atoms with Crippen LogP contribution in [-0.2, 0) is 12.0 Å². The zero-order valence-corrected chi connectivity index (χ0v) is 10.4. The van der Waals surface area contributed by atoms with Crippen molar-refractivity contribution in [1.29, 1.82) is 0 Å². The third-order valence-electron chi connectivity index (χ3n) is 2.81. The van der Waals surface area contributed by atoms with Crippen LogP contribution in [0.15, 0.2) is 4.52 Å². The van der Waals surface area contributed by atoms with Crippen LogP contribution >= 0.6 is 0 Å². The molecular formula is C11H19N3O3. The number of aliphatic hydroxyl groups is 2. The second-order valence-corrected chi connectivity index (χ2v) is 5.59. The maximum atomic E-state index is 9.42. The van der Waals surface area contributed by atoms with Crippen molar-refractivity contribution in [2.24, 2.45) is 0 Å². The van der Waals surface area contributed by atoms with E-state index in [-0.39, 0.29) is 5.41 Å². The first-order valence-electron chi connectivity index (χ1n) is 5.78. The molecule has 2 N–H and O–H groups in total. The minimum Gasteiger partial charge on any atom is -0.389 e. The van der Waals surface area contributed by atoms with Crippen LogP contribution in [0.5, 0.6) is 0 Å². The fourth-order valence-electron chi connectivity index (χ4n) is 1.80. The van der Waals surface area contributed by atoms with Gasteiger partial charge in [0.1, 0.15) is 0 Å². The summed E-state index contributed by atoms with van der Waals surface area (Å²) in [6.45, 7) is 7.41. The highest BCUT2D eigenvalue weighted by Gasteiger charge is 2.30. The van der Waals surface area contributed by atoms with Gasteiger partial charge in [-0.05, 0) is 0 Å². The van der Waals surface area contributed by atoms with Gasteiger partial charge in [-0.3, -0.25) is 4.90 Å². The molecular weight excluding hydrogens is 222 g/mol. The number of hydrogen-bond donors (Lipinski definition) is 2. The summed E-state index contributed by atoms with van der Waals surface area (Å²) in [6, 6.07) is 0. The maximum Gasteiger partial charge on any atom is 0.232 e. The molecule has 6 heteroatoms. The van der Waals surface area contributed by atoms with Gasteiger partial charge < -0.3 is 14.7 Å². The minimum absolute atomic E-state index is 0.157. The zero-order valence-electron chi connectivity index (χ0n) is 10.4. The fraction of sp³-hybridized carbons (Fsp3) is 0.818. The standard InChI is InChI=1S/C11H19N3O3/c1-11(2,3)10-12-9(13-17-10)6-14-4-7(15)8(16)5-14/h7-8,15-16H,4-6H2,1-3H3. The quantitative estimate of drug-likeness (QED) is 0.752. The van der Waals surface area contributed by atoms with Crippen LogP contribution in [0.1, 0.15) is 32.5 Å². The molecule has 0 aromatic carbocycles. The molecule has 2 unspecified atom stereocenters. The van der Waals surface area contributed by atoms with Gasteiger partial charge in [-0.1, -0.05) is 25.9 Å². The van der Waals surface area contributed by atoms with Gasteiger partial charge in [0.05, 0.1) is 18.8 Å². The van der Waals surface area contributed by atoms with E-state index in [0.717, 1.165) is 0 Å². The Morgan fingerprint density at radius 2 is 1.88 bits per heavy atom. The minimum atomic E-state index is -0.677. The number of likely N-dealkylation sites (tertiary alicyclic amines) is 1. The van der Waals surface area contributed by atoms with Crippen molar-refractivity contribution < 1.29 is 14.7 Å². The number of aliphatic hydroxyl groups excluding tert-OH is 2. The monoisotopic (exact) mass is 241 g/mol. The topological polar surface area (TPSA) is 82.6 Å². The first-order chi connectivity index (χ1) is 7.86. The van der Waals surface area contributed by atoms with Gasteiger partial charge in [-0.25, -0.2) is 0 Å². The number of hydrogen-bond acceptors (Lipinski definition) is 6. The Hall–Kier alpha value is -0.980. The van der Waals surface area contributed by atoms with Crippen LogP contribution in [-0.4, -0.2) is 50.6 Å². The van der Waals surface area contributed by atoms with E-state index in [1.54, 1.807) is 0 Å². The molecule has 0 spiro atoms. The van der Waals surface area contributed by atoms with Crippen LogP contribution in [0.3, 0.4) is 0 Å². The van der Waals surface area contributed by atoms with E-state index in [9.17, 15) is 10.2 Å². The van der Waals surface area contributed by atoms with E-state index in [4.69, 9.17) is 4.52 Å². The second kappa shape index (κ2) is 4.36. The predicted octanol–water partition coefficient (Wildman–Crippen LogP) is -0.0955. The summed E-state index contributed by atoms with van der Waals surface area (Å²) in [5.74, 6) is 1.20. The van der Waals surface area contributed by atoms with E-state index < -0.39 is 12.2 Å². The van der Waals surface area contributed by atoms with Crippen molar-refractivity contribution in [2.45, 2.75) is 44.9 Å². The average molecular weight is 241 g/mol. The van der Waals surface area contributed by atoms with Crippen LogP contribution in [0.25, 0.3) is 0 Å². The molecule has 17 heavy (non-hydrogen) atoms. The Morgan fingerprint density at radius 1 is 1.29 bits per heavy atom. The molecule has 1 saturated heterocycles. The van der Waals surface area contributed by atoms with E-state index in [2.05, 4.69) is 10.1 Å². The van der Waals surface area contributed by atoms with Crippen molar-refractivity contribution in [2.75, 3.05) is 13.1 Å². The molecule has 1 aromatic rings. The summed E-state index contributed by atoms with van der Waals surface area (Å²) in [5.41, 5.74) is -0.157. The van der Waals surface area contributed by atoms with Crippen LogP contribution in [0.2, 0.25) is 0 Å². The van der Waals surface area contributed by atoms with Gasteiger partial charge in [0.2, 0.25) is 5.89 Å². The van der Waals surface area contributed by atoms with Crippen molar-refractivity contribution in [3.63, 3.8) is 0 Å². The largest absolute Gasteiger partial charge is 0.389 e. The Bertz CT molecular complexity index is 376. The molecule has 2 atom stereocenters. The SMILES string of the molecule is CC(C)(C)c1nc(CN2CC(O)C(O)C2)no1. The van der Waals surface area contributed by atoms with Crippen molar-refractivity contribution in [1.82, 2.24) is 15.0 Å². The van der Waals surface area contributed by atoms with Crippen LogP contribution in [0.4, 0.5) is 0 Å². The molecule has 1 aliphatic heterocycles. The first-order valence-corrected chi connectivity index (χ1v) is 5.78. The Labute approximate surface area is 100 Å². The van der Waals surface area contributed by atoms with E-state index in [1.165, 1.54) is 0 Å². The maximum absolute atomic E-state index is 9.42. The lowest BCUT2D eigenvalue weighted by Gasteiger charge is -2.12. The second-order valence-electron chi connectivity index (χ2n) is 5.59. The van der Waals surface area contributed by atoms with E-state index in [0.29, 0.717) is 31.3 Å². The highest BCUT2D eigenvalue weighted by atomic mass is 16.5. The predicted molar refractivity (Wildman–Crippen MR) is 60.3 cm³/mol. The lowest BCUT2D eigenvalue weighted by Crippen LogP contribution is -2.22. The summed E-state index contributed by atoms with van der Waals surface area (Å²) in [6.07, 6.45) is -1.35. The summed E-state index contributed by atoms with van der Waals surface area (Å²) < 4.78 is 5.18. The molecule has 0 aliphatic carbocycles. The summed E-state index contributed by atoms with van der Waals surface area (Å²) in [7, 11) is 0. The molecule has 1 fully saturated rings. The van der Waals surface area contributed by atoms with Crippen molar-refractivity contribution in [3.8, 4) is 0 Å². The van der Waals surface area contributed by atoms with Gasteiger partial charge in [-0.15, -0.1) is 0 Å². The lowest BCUT2D eigenvalue weighted by atomic mass is 9.97. The molecule has 0 amide bonds. The summed E-state index contributed by atoms with van der Waals surface area (Å²) >= 11 is 0. The van der Waals surface area contributed by atoms with Gasteiger partial charge in [0.25, 0.3) is 0 Å². The van der Waals surface area contributed by atoms with Crippen molar-refractivity contribution in [3.05, 3.63) is 11.7 Å². The van der Waals surface area contributed by atoms with Gasteiger partial charge >= 0.3 is 0 Å². The molecule has 2 heterocycles. The average Bonchev–Trinajstić information content (AvgIpc) is 2.75. The van der Waals surface area contributed by atoms with Crippen molar-refractivity contribution >= 4 is 0 Å². The third-order valence-corrected chi connectivity index (χ3v) is 2.81. The number of nitrogens with zero attached hydrogens (tertiary/aromatic N) is 3. The van der Waals surface area contributed by atoms with Gasteiger partial charge in [0.15, 0.2) is 5.82 Å². The molecule has 1 aromatic heterocycles. The molecule has 2 rings (SSSR count). The molecule has 1 aliphatic rings. The number of aromatic nitrogens is 2. The van der Waals surface area contributed by atoms with E-state index >= 15 is 0 Å². The number of β-amino-alcohol motifs (C(OH)–C–C–N with tert-alkyl or cyclic N) is 2. The molecule has 6 nitrogen and oxygen atoms in total. The molecule has 0 radical (unpaired) electrons. The highest BCUT2D eigenvalue weighted by molar-refractivity contribution is 4.99. The van der Waals surface area contributed by atoms with Crippen LogP contribution < -0.4 is 0 Å². The molecule has 0 bridgehead atoms. The highest BCUT2D eigenvalue weighted by Crippen LogP contribution is 2.20. The Balaban J connectivity index is 1.98. The Kier molecular flexibility index (Phi) is 3.20. The summed E-state index contributed by atoms with van der Waals surface area (Å²) in [4.78, 5) is 6.22. The normalized spacial score (nSPS) is 26.6. The Morgan fingerprint density at radius 3 is 2.35 bits per heavy atom. The zero-order chi connectivity index (χ0) is 12.6. The van der Waals surface area contributed by atoms with E-state index in [1.807, 2.05) is 25.7 Å².